The highest BCUT2D eigenvalue weighted by Gasteiger charge is 2.51. The maximum atomic E-state index is 13.4. The molecule has 2 aliphatic heterocycles. The number of urea groups is 1. The van der Waals surface area contributed by atoms with Crippen LogP contribution in [0.5, 0.6) is 5.75 Å². The Bertz CT molecular complexity index is 978. The molecule has 1 fully saturated rings. The van der Waals surface area contributed by atoms with Crippen LogP contribution in [0.15, 0.2) is 48.5 Å². The van der Waals surface area contributed by atoms with Gasteiger partial charge in [-0.2, -0.15) is 0 Å². The van der Waals surface area contributed by atoms with E-state index in [2.05, 4.69) is 15.5 Å². The Morgan fingerprint density at radius 2 is 2.00 bits per heavy atom. The van der Waals surface area contributed by atoms with Crippen LogP contribution >= 0.6 is 0 Å². The molecule has 9 nitrogen and oxygen atoms in total. The van der Waals surface area contributed by atoms with Gasteiger partial charge in [-0.25, -0.2) is 4.79 Å². The molecule has 0 aliphatic carbocycles. The van der Waals surface area contributed by atoms with Crippen molar-refractivity contribution in [1.29, 1.82) is 0 Å². The van der Waals surface area contributed by atoms with Crippen molar-refractivity contribution in [2.45, 2.75) is 12.1 Å². The topological polar surface area (TPSA) is 103 Å². The summed E-state index contributed by atoms with van der Waals surface area (Å²) in [5, 5.41) is 17.3. The molecule has 1 atom stereocenters. The number of fused-ring (bicyclic) bond motifs is 1. The maximum Gasteiger partial charge on any atom is 0.329 e. The molecular weight excluding hydrogens is 412 g/mol. The zero-order valence-corrected chi connectivity index (χ0v) is 18.0. The third-order valence-corrected chi connectivity index (χ3v) is 5.74. The lowest BCUT2D eigenvalue weighted by Gasteiger charge is -2.42. The van der Waals surface area contributed by atoms with Gasteiger partial charge in [-0.3, -0.25) is 14.6 Å². The highest BCUT2D eigenvalue weighted by atomic mass is 16.5. The van der Waals surface area contributed by atoms with Crippen molar-refractivity contribution in [2.24, 2.45) is 0 Å². The summed E-state index contributed by atoms with van der Waals surface area (Å²) in [4.78, 5) is 29.7. The van der Waals surface area contributed by atoms with Crippen molar-refractivity contribution in [1.82, 2.24) is 10.2 Å². The summed E-state index contributed by atoms with van der Waals surface area (Å²) in [5.74, 6) is -0.160. The highest BCUT2D eigenvalue weighted by molar-refractivity contribution is 6.11. The lowest BCUT2D eigenvalue weighted by molar-refractivity contribution is -0.140. The van der Waals surface area contributed by atoms with E-state index in [1.54, 1.807) is 48.5 Å². The molecule has 3 N–H and O–H groups in total. The molecule has 3 amide bonds. The Labute approximate surface area is 186 Å². The Morgan fingerprint density at radius 1 is 1.22 bits per heavy atom. The summed E-state index contributed by atoms with van der Waals surface area (Å²) < 4.78 is 10.6. The van der Waals surface area contributed by atoms with Crippen LogP contribution in [0.4, 0.5) is 16.2 Å². The standard InChI is InChI=1S/C23H28N4O5/c1-31-18-7-4-6-17(16-18)27-22(29)25-20-9-3-2-8-19(20)23(27,30)21(28)24-10-5-11-26-12-14-32-15-13-26/h2-4,6-9,16,30H,5,10-15H2,1H3,(H,24,28)(H,25,29)/t23-/m1/s1. The predicted octanol–water partition coefficient (Wildman–Crippen LogP) is 1.73. The Hall–Kier alpha value is -3.14. The fourth-order valence-corrected chi connectivity index (χ4v) is 4.06. The number of nitrogens with one attached hydrogen (secondary N) is 2. The fourth-order valence-electron chi connectivity index (χ4n) is 4.06. The number of hydrogen-bond donors (Lipinski definition) is 3. The van der Waals surface area contributed by atoms with Gasteiger partial charge < -0.3 is 25.2 Å². The highest BCUT2D eigenvalue weighted by Crippen LogP contribution is 2.40. The van der Waals surface area contributed by atoms with E-state index < -0.39 is 17.7 Å². The molecule has 2 aromatic rings. The molecule has 170 valence electrons. The SMILES string of the molecule is COc1cccc(N2C(=O)Nc3ccccc3[C@@]2(O)C(=O)NCCCN2CCOCC2)c1. The van der Waals surface area contributed by atoms with Crippen LogP contribution in [0.3, 0.4) is 0 Å². The van der Waals surface area contributed by atoms with Crippen molar-refractivity contribution in [3.05, 3.63) is 54.1 Å². The maximum absolute atomic E-state index is 13.4. The lowest BCUT2D eigenvalue weighted by atomic mass is 9.94. The smallest absolute Gasteiger partial charge is 0.329 e. The number of ether oxygens (including phenoxy) is 2. The van der Waals surface area contributed by atoms with Crippen LogP contribution in [0.2, 0.25) is 0 Å². The van der Waals surface area contributed by atoms with Crippen LogP contribution in [-0.4, -0.2) is 68.4 Å². The number of hydrogen-bond acceptors (Lipinski definition) is 6. The van der Waals surface area contributed by atoms with Gasteiger partial charge in [0.2, 0.25) is 0 Å². The summed E-state index contributed by atoms with van der Waals surface area (Å²) in [7, 11) is 1.51. The number of methoxy groups -OCH3 is 1. The molecule has 2 aromatic carbocycles. The van der Waals surface area contributed by atoms with Crippen LogP contribution in [0, 0.1) is 0 Å². The molecule has 0 bridgehead atoms. The first-order valence-corrected chi connectivity index (χ1v) is 10.7. The second kappa shape index (κ2) is 9.56. The minimum Gasteiger partial charge on any atom is -0.497 e. The largest absolute Gasteiger partial charge is 0.497 e. The van der Waals surface area contributed by atoms with E-state index in [9.17, 15) is 14.7 Å². The molecule has 32 heavy (non-hydrogen) atoms. The number of amides is 3. The molecule has 0 unspecified atom stereocenters. The first kappa shape index (κ1) is 22.1. The van der Waals surface area contributed by atoms with Crippen LogP contribution in [0.25, 0.3) is 0 Å². The van der Waals surface area contributed by atoms with E-state index in [0.717, 1.165) is 31.0 Å². The average molecular weight is 441 g/mol. The summed E-state index contributed by atoms with van der Waals surface area (Å²) in [6.07, 6.45) is 0.717. The van der Waals surface area contributed by atoms with E-state index in [-0.39, 0.29) is 0 Å². The fraction of sp³-hybridized carbons (Fsp3) is 0.391. The average Bonchev–Trinajstić information content (AvgIpc) is 2.82. The molecule has 0 aromatic heterocycles. The summed E-state index contributed by atoms with van der Waals surface area (Å²) >= 11 is 0. The van der Waals surface area contributed by atoms with Gasteiger partial charge in [-0.05, 0) is 31.2 Å². The van der Waals surface area contributed by atoms with Crippen LogP contribution < -0.4 is 20.3 Å². The quantitative estimate of drug-likeness (QED) is 0.567. The van der Waals surface area contributed by atoms with Gasteiger partial charge in [0.1, 0.15) is 5.75 Å². The zero-order chi connectivity index (χ0) is 22.6. The molecular formula is C23H28N4O5. The van der Waals surface area contributed by atoms with Crippen LogP contribution in [0.1, 0.15) is 12.0 Å². The number of morpholine rings is 1. The third kappa shape index (κ3) is 4.27. The lowest BCUT2D eigenvalue weighted by Crippen LogP contribution is -2.62. The molecule has 2 aliphatic rings. The van der Waals surface area contributed by atoms with Gasteiger partial charge in [0.25, 0.3) is 11.6 Å². The van der Waals surface area contributed by atoms with Crippen molar-refractivity contribution in [3.8, 4) is 5.75 Å². The normalized spacial score (nSPS) is 20.9. The van der Waals surface area contributed by atoms with Gasteiger partial charge in [0, 0.05) is 31.3 Å². The molecule has 0 radical (unpaired) electrons. The van der Waals surface area contributed by atoms with Crippen molar-refractivity contribution in [3.63, 3.8) is 0 Å². The van der Waals surface area contributed by atoms with E-state index >= 15 is 0 Å². The minimum atomic E-state index is -2.22. The summed E-state index contributed by atoms with van der Waals surface area (Å²) in [6.45, 7) is 4.36. The molecule has 0 saturated carbocycles. The Kier molecular flexibility index (Phi) is 6.59. The van der Waals surface area contributed by atoms with E-state index in [0.29, 0.717) is 42.4 Å². The molecule has 1 saturated heterocycles. The van der Waals surface area contributed by atoms with E-state index in [1.165, 1.54) is 7.11 Å². The number of carbonyl (C=O) groups is 2. The molecule has 9 heteroatoms. The Balaban J connectivity index is 1.58. The first-order chi connectivity index (χ1) is 15.5. The summed E-state index contributed by atoms with van der Waals surface area (Å²) in [6, 6.07) is 12.8. The van der Waals surface area contributed by atoms with Crippen molar-refractivity contribution >= 4 is 23.3 Å². The molecule has 4 rings (SSSR count). The van der Waals surface area contributed by atoms with Crippen LogP contribution in [-0.2, 0) is 15.3 Å². The monoisotopic (exact) mass is 440 g/mol. The zero-order valence-electron chi connectivity index (χ0n) is 18.0. The Morgan fingerprint density at radius 3 is 2.78 bits per heavy atom. The van der Waals surface area contributed by atoms with E-state index in [1.807, 2.05) is 0 Å². The number of nitrogens with zero attached hydrogens (tertiary/aromatic N) is 2. The van der Waals surface area contributed by atoms with Crippen molar-refractivity contribution in [2.75, 3.05) is 56.7 Å². The minimum absolute atomic E-state index is 0.299. The predicted molar refractivity (Wildman–Crippen MR) is 120 cm³/mol. The third-order valence-electron chi connectivity index (χ3n) is 5.74. The first-order valence-electron chi connectivity index (χ1n) is 10.7. The number of aliphatic hydroxyl groups is 1. The van der Waals surface area contributed by atoms with Gasteiger partial charge in [-0.1, -0.05) is 24.3 Å². The van der Waals surface area contributed by atoms with Gasteiger partial charge in [0.15, 0.2) is 0 Å². The number of para-hydroxylation sites is 1. The second-order valence-corrected chi connectivity index (χ2v) is 7.75. The van der Waals surface area contributed by atoms with Gasteiger partial charge in [0.05, 0.1) is 31.7 Å². The molecule has 2 heterocycles. The number of carbonyl (C=O) groups excluding carboxylic acids is 2. The second-order valence-electron chi connectivity index (χ2n) is 7.75. The van der Waals surface area contributed by atoms with Gasteiger partial charge >= 0.3 is 6.03 Å². The number of anilines is 2. The number of rotatable bonds is 7. The van der Waals surface area contributed by atoms with E-state index in [4.69, 9.17) is 9.47 Å². The molecule has 0 spiro atoms. The van der Waals surface area contributed by atoms with Gasteiger partial charge in [-0.15, -0.1) is 0 Å². The number of benzene rings is 2. The summed E-state index contributed by atoms with van der Waals surface area (Å²) in [5.41, 5.74) is -1.19. The van der Waals surface area contributed by atoms with Crippen molar-refractivity contribution < 1.29 is 24.2 Å².